The van der Waals surface area contributed by atoms with Gasteiger partial charge in [-0.15, -0.1) is 5.10 Å². The van der Waals surface area contributed by atoms with E-state index in [1.165, 1.54) is 0 Å². The second-order valence-electron chi connectivity index (χ2n) is 6.62. The van der Waals surface area contributed by atoms with Crippen molar-refractivity contribution < 1.29 is 14.0 Å². The van der Waals surface area contributed by atoms with Crippen molar-refractivity contribution >= 4 is 28.6 Å². The lowest BCUT2D eigenvalue weighted by Gasteiger charge is -2.32. The van der Waals surface area contributed by atoms with Crippen LogP contribution in [0.4, 0.5) is 0 Å². The minimum atomic E-state index is -0.512. The van der Waals surface area contributed by atoms with Crippen LogP contribution in [-0.2, 0) is 14.0 Å². The first-order valence-corrected chi connectivity index (χ1v) is 8.19. The average Bonchev–Trinajstić information content (AvgIpc) is 2.89. The first-order valence-electron chi connectivity index (χ1n) is 7.40. The fourth-order valence-electron chi connectivity index (χ4n) is 2.49. The molecule has 0 bridgehead atoms. The summed E-state index contributed by atoms with van der Waals surface area (Å²) in [6.07, 6.45) is 3.14. The van der Waals surface area contributed by atoms with Crippen LogP contribution in [0.15, 0.2) is 4.60 Å². The Hall–Kier alpha value is -0.435. The van der Waals surface area contributed by atoms with Crippen molar-refractivity contribution in [3.05, 3.63) is 4.60 Å². The summed E-state index contributed by atoms with van der Waals surface area (Å²) < 4.78 is 20.3. The molecular formula is C13H21BBrN3O3. The summed E-state index contributed by atoms with van der Waals surface area (Å²) >= 11 is 3.57. The largest absolute Gasteiger partial charge is 0.519 e. The molecule has 2 saturated heterocycles. The fourth-order valence-corrected chi connectivity index (χ4v) is 3.06. The number of nitrogens with zero attached hydrogens (tertiary/aromatic N) is 3. The quantitative estimate of drug-likeness (QED) is 0.758. The van der Waals surface area contributed by atoms with Crippen LogP contribution >= 0.6 is 15.9 Å². The normalized spacial score (nSPS) is 28.0. The molecule has 2 fully saturated rings. The van der Waals surface area contributed by atoms with Crippen LogP contribution in [0.2, 0.25) is 0 Å². The fraction of sp³-hybridized carbons (Fsp3) is 0.846. The van der Waals surface area contributed by atoms with Crippen LogP contribution in [0, 0.1) is 0 Å². The van der Waals surface area contributed by atoms with E-state index >= 15 is 0 Å². The summed E-state index contributed by atoms with van der Waals surface area (Å²) in [5.74, 6) is 0. The SMILES string of the molecule is CC1(C)OB(c2nnn(C3CCCCO3)c2Br)OC1(C)C. The zero-order valence-corrected chi connectivity index (χ0v) is 14.5. The maximum atomic E-state index is 6.02. The molecule has 1 aromatic rings. The zero-order chi connectivity index (χ0) is 15.3. The van der Waals surface area contributed by atoms with Gasteiger partial charge in [0.1, 0.15) is 10.2 Å². The lowest BCUT2D eigenvalue weighted by Crippen LogP contribution is -2.41. The topological polar surface area (TPSA) is 58.4 Å². The predicted octanol–water partition coefficient (Wildman–Crippen LogP) is 2.04. The van der Waals surface area contributed by atoms with E-state index in [-0.39, 0.29) is 17.4 Å². The number of aromatic nitrogens is 3. The third-order valence-corrected chi connectivity index (χ3v) is 5.34. The number of rotatable bonds is 2. The van der Waals surface area contributed by atoms with Gasteiger partial charge in [0, 0.05) is 6.61 Å². The number of ether oxygens (including phenoxy) is 1. The van der Waals surface area contributed by atoms with Gasteiger partial charge < -0.3 is 14.0 Å². The second kappa shape index (κ2) is 5.33. The molecule has 0 amide bonds. The molecule has 8 heteroatoms. The number of halogens is 1. The summed E-state index contributed by atoms with van der Waals surface area (Å²) in [4.78, 5) is 0. The van der Waals surface area contributed by atoms with Gasteiger partial charge in [-0.05, 0) is 62.9 Å². The van der Waals surface area contributed by atoms with Crippen molar-refractivity contribution in [2.24, 2.45) is 0 Å². The Bertz CT molecular complexity index is 513. The number of hydrogen-bond acceptors (Lipinski definition) is 5. The van der Waals surface area contributed by atoms with Gasteiger partial charge in [0.2, 0.25) is 0 Å². The molecule has 116 valence electrons. The molecule has 2 aliphatic rings. The summed E-state index contributed by atoms with van der Waals surface area (Å²) in [6, 6.07) is 0. The maximum Gasteiger partial charge on any atom is 0.519 e. The highest BCUT2D eigenvalue weighted by molar-refractivity contribution is 9.10. The highest BCUT2D eigenvalue weighted by Gasteiger charge is 2.53. The van der Waals surface area contributed by atoms with Crippen molar-refractivity contribution in [3.8, 4) is 0 Å². The van der Waals surface area contributed by atoms with E-state index in [0.29, 0.717) is 5.59 Å². The summed E-state index contributed by atoms with van der Waals surface area (Å²) in [5.41, 5.74) is -0.104. The van der Waals surface area contributed by atoms with E-state index in [9.17, 15) is 0 Å². The van der Waals surface area contributed by atoms with Crippen molar-refractivity contribution in [1.29, 1.82) is 0 Å². The van der Waals surface area contributed by atoms with Crippen LogP contribution in [0.25, 0.3) is 0 Å². The molecule has 0 saturated carbocycles. The molecule has 0 aliphatic carbocycles. The predicted molar refractivity (Wildman–Crippen MR) is 82.3 cm³/mol. The van der Waals surface area contributed by atoms with Gasteiger partial charge in [-0.1, -0.05) is 5.21 Å². The van der Waals surface area contributed by atoms with E-state index in [0.717, 1.165) is 30.5 Å². The van der Waals surface area contributed by atoms with Gasteiger partial charge in [-0.2, -0.15) is 0 Å². The molecule has 6 nitrogen and oxygen atoms in total. The minimum Gasteiger partial charge on any atom is -0.398 e. The Kier molecular flexibility index (Phi) is 3.92. The molecule has 2 aliphatic heterocycles. The van der Waals surface area contributed by atoms with Gasteiger partial charge in [-0.3, -0.25) is 0 Å². The van der Waals surface area contributed by atoms with Gasteiger partial charge >= 0.3 is 7.12 Å². The van der Waals surface area contributed by atoms with E-state index < -0.39 is 7.12 Å². The maximum absolute atomic E-state index is 6.02. The lowest BCUT2D eigenvalue weighted by molar-refractivity contribution is -0.0418. The van der Waals surface area contributed by atoms with Crippen molar-refractivity contribution in [2.75, 3.05) is 6.61 Å². The van der Waals surface area contributed by atoms with E-state index in [1.54, 1.807) is 4.68 Å². The van der Waals surface area contributed by atoms with Crippen molar-refractivity contribution in [1.82, 2.24) is 15.0 Å². The molecule has 0 spiro atoms. The van der Waals surface area contributed by atoms with Gasteiger partial charge in [-0.25, -0.2) is 4.68 Å². The highest BCUT2D eigenvalue weighted by Crippen LogP contribution is 2.37. The molecule has 1 aromatic heterocycles. The molecule has 21 heavy (non-hydrogen) atoms. The Labute approximate surface area is 133 Å². The van der Waals surface area contributed by atoms with Crippen molar-refractivity contribution in [2.45, 2.75) is 64.4 Å². The third kappa shape index (κ3) is 2.67. The molecule has 1 unspecified atom stereocenters. The Morgan fingerprint density at radius 1 is 1.19 bits per heavy atom. The van der Waals surface area contributed by atoms with Crippen molar-refractivity contribution in [3.63, 3.8) is 0 Å². The second-order valence-corrected chi connectivity index (χ2v) is 7.37. The lowest BCUT2D eigenvalue weighted by atomic mass is 9.86. The summed E-state index contributed by atoms with van der Waals surface area (Å²) in [6.45, 7) is 8.86. The summed E-state index contributed by atoms with van der Waals surface area (Å²) in [5, 5.41) is 8.45. The molecular weight excluding hydrogens is 337 g/mol. The van der Waals surface area contributed by atoms with Gasteiger partial charge in [0.25, 0.3) is 0 Å². The van der Waals surface area contributed by atoms with Gasteiger partial charge in [0.05, 0.1) is 11.2 Å². The first-order chi connectivity index (χ1) is 9.82. The minimum absolute atomic E-state index is 0.0585. The Morgan fingerprint density at radius 3 is 2.43 bits per heavy atom. The molecule has 0 aromatic carbocycles. The van der Waals surface area contributed by atoms with E-state index in [2.05, 4.69) is 26.2 Å². The van der Waals surface area contributed by atoms with E-state index in [4.69, 9.17) is 14.0 Å². The Balaban J connectivity index is 1.83. The number of hydrogen-bond donors (Lipinski definition) is 0. The molecule has 3 rings (SSSR count). The Morgan fingerprint density at radius 2 is 1.86 bits per heavy atom. The standard InChI is InChI=1S/C13H21BBrN3O3/c1-12(2)13(3,4)21-14(20-12)10-11(15)18(17-16-10)9-7-5-6-8-19-9/h9H,5-8H2,1-4H3. The molecule has 3 heterocycles. The smallest absolute Gasteiger partial charge is 0.398 e. The highest BCUT2D eigenvalue weighted by atomic mass is 79.9. The van der Waals surface area contributed by atoms with Crippen LogP contribution in [-0.4, -0.2) is 39.9 Å². The molecule has 1 atom stereocenters. The average molecular weight is 358 g/mol. The van der Waals surface area contributed by atoms with Crippen LogP contribution in [0.5, 0.6) is 0 Å². The van der Waals surface area contributed by atoms with Crippen LogP contribution in [0.3, 0.4) is 0 Å². The summed E-state index contributed by atoms with van der Waals surface area (Å²) in [7, 11) is -0.512. The molecule has 0 radical (unpaired) electrons. The molecule has 0 N–H and O–H groups in total. The van der Waals surface area contributed by atoms with Crippen LogP contribution < -0.4 is 5.59 Å². The third-order valence-electron chi connectivity index (χ3n) is 4.57. The first kappa shape index (κ1) is 15.5. The van der Waals surface area contributed by atoms with E-state index in [1.807, 2.05) is 27.7 Å². The zero-order valence-electron chi connectivity index (χ0n) is 12.9. The monoisotopic (exact) mass is 357 g/mol. The van der Waals surface area contributed by atoms with Crippen LogP contribution in [0.1, 0.15) is 53.2 Å². The van der Waals surface area contributed by atoms with Gasteiger partial charge in [0.15, 0.2) is 6.23 Å².